The molecule has 3 rings (SSSR count). The first kappa shape index (κ1) is 12.9. The topological polar surface area (TPSA) is 29.3 Å². The molecule has 0 amide bonds. The van der Waals surface area contributed by atoms with Gasteiger partial charge in [0.05, 0.1) is 0 Å². The highest BCUT2D eigenvalue weighted by molar-refractivity contribution is 7.07. The molecule has 3 heteroatoms. The Morgan fingerprint density at radius 1 is 1.21 bits per heavy atom. The standard InChI is InChI=1S/C16H20N2S/c17-16(14-4-2-1-3-5-14)11-18(15-6-7-15)10-13-8-9-19-12-13/h1-5,8-9,12,15-16H,6-7,10-11,17H2. The monoisotopic (exact) mass is 272 g/mol. The highest BCUT2D eigenvalue weighted by Crippen LogP contribution is 2.30. The first-order valence-corrected chi connectivity index (χ1v) is 7.83. The van der Waals surface area contributed by atoms with E-state index < -0.39 is 0 Å². The number of benzene rings is 1. The van der Waals surface area contributed by atoms with Crippen molar-refractivity contribution in [3.63, 3.8) is 0 Å². The Balaban J connectivity index is 1.65. The summed E-state index contributed by atoms with van der Waals surface area (Å²) < 4.78 is 0. The Morgan fingerprint density at radius 2 is 2.00 bits per heavy atom. The van der Waals surface area contributed by atoms with Crippen molar-refractivity contribution in [2.45, 2.75) is 31.5 Å². The Bertz CT molecular complexity index is 491. The van der Waals surface area contributed by atoms with Gasteiger partial charge in [0.25, 0.3) is 0 Å². The Kier molecular flexibility index (Phi) is 3.97. The molecular formula is C16H20N2S. The van der Waals surface area contributed by atoms with Gasteiger partial charge >= 0.3 is 0 Å². The van der Waals surface area contributed by atoms with Crippen LogP contribution in [0.2, 0.25) is 0 Å². The van der Waals surface area contributed by atoms with E-state index in [0.717, 1.165) is 19.1 Å². The summed E-state index contributed by atoms with van der Waals surface area (Å²) in [5, 5.41) is 4.39. The summed E-state index contributed by atoms with van der Waals surface area (Å²) in [5.74, 6) is 0. The van der Waals surface area contributed by atoms with E-state index in [2.05, 4.69) is 46.0 Å². The Labute approximate surface area is 118 Å². The normalized spacial score (nSPS) is 16.7. The van der Waals surface area contributed by atoms with Crippen LogP contribution in [0.15, 0.2) is 47.2 Å². The molecular weight excluding hydrogens is 252 g/mol. The molecule has 0 spiro atoms. The predicted molar refractivity (Wildman–Crippen MR) is 81.1 cm³/mol. The van der Waals surface area contributed by atoms with Gasteiger partial charge in [0.2, 0.25) is 0 Å². The predicted octanol–water partition coefficient (Wildman–Crippen LogP) is 3.41. The van der Waals surface area contributed by atoms with Crippen molar-refractivity contribution < 1.29 is 0 Å². The molecule has 1 saturated carbocycles. The molecule has 0 radical (unpaired) electrons. The van der Waals surface area contributed by atoms with Crippen LogP contribution in [0.4, 0.5) is 0 Å². The summed E-state index contributed by atoms with van der Waals surface area (Å²) in [7, 11) is 0. The fourth-order valence-corrected chi connectivity index (χ4v) is 3.12. The van der Waals surface area contributed by atoms with Crippen LogP contribution in [-0.4, -0.2) is 17.5 Å². The lowest BCUT2D eigenvalue weighted by Gasteiger charge is -2.25. The smallest absolute Gasteiger partial charge is 0.0424 e. The maximum atomic E-state index is 6.35. The van der Waals surface area contributed by atoms with E-state index in [9.17, 15) is 0 Å². The summed E-state index contributed by atoms with van der Waals surface area (Å²) in [5.41, 5.74) is 9.00. The number of nitrogens with zero attached hydrogens (tertiary/aromatic N) is 1. The molecule has 1 atom stereocenters. The van der Waals surface area contributed by atoms with E-state index in [1.807, 2.05) is 6.07 Å². The van der Waals surface area contributed by atoms with Gasteiger partial charge in [-0.2, -0.15) is 11.3 Å². The molecule has 0 saturated heterocycles. The van der Waals surface area contributed by atoms with Crippen molar-refractivity contribution in [3.05, 3.63) is 58.3 Å². The maximum Gasteiger partial charge on any atom is 0.0424 e. The largest absolute Gasteiger partial charge is 0.323 e. The molecule has 2 aromatic rings. The van der Waals surface area contributed by atoms with Crippen molar-refractivity contribution >= 4 is 11.3 Å². The number of thiophene rings is 1. The lowest BCUT2D eigenvalue weighted by molar-refractivity contribution is 0.239. The molecule has 1 heterocycles. The van der Waals surface area contributed by atoms with Gasteiger partial charge in [0, 0.05) is 25.2 Å². The van der Waals surface area contributed by atoms with Crippen LogP contribution in [0, 0.1) is 0 Å². The molecule has 2 nitrogen and oxygen atoms in total. The molecule has 1 aromatic heterocycles. The Hall–Kier alpha value is -1.16. The van der Waals surface area contributed by atoms with Gasteiger partial charge in [-0.15, -0.1) is 0 Å². The van der Waals surface area contributed by atoms with Gasteiger partial charge in [-0.3, -0.25) is 4.90 Å². The summed E-state index contributed by atoms with van der Waals surface area (Å²) in [6.45, 7) is 1.99. The molecule has 2 N–H and O–H groups in total. The third-order valence-corrected chi connectivity index (χ3v) is 4.42. The van der Waals surface area contributed by atoms with Crippen molar-refractivity contribution in [3.8, 4) is 0 Å². The fourth-order valence-electron chi connectivity index (χ4n) is 2.46. The molecule has 1 aromatic carbocycles. The summed E-state index contributed by atoms with van der Waals surface area (Å²) in [6, 6.07) is 13.5. The van der Waals surface area contributed by atoms with Gasteiger partial charge in [-0.25, -0.2) is 0 Å². The van der Waals surface area contributed by atoms with E-state index >= 15 is 0 Å². The Morgan fingerprint density at radius 3 is 2.63 bits per heavy atom. The summed E-state index contributed by atoms with van der Waals surface area (Å²) in [6.07, 6.45) is 2.65. The van der Waals surface area contributed by atoms with Crippen LogP contribution in [0.5, 0.6) is 0 Å². The zero-order chi connectivity index (χ0) is 13.1. The quantitative estimate of drug-likeness (QED) is 0.873. The SMILES string of the molecule is NC(CN(Cc1ccsc1)C1CC1)c1ccccc1. The maximum absolute atomic E-state index is 6.35. The van der Waals surface area contributed by atoms with E-state index in [1.165, 1.54) is 24.0 Å². The summed E-state index contributed by atoms with van der Waals surface area (Å²) >= 11 is 1.77. The molecule has 0 bridgehead atoms. The molecule has 1 fully saturated rings. The van der Waals surface area contributed by atoms with Gasteiger partial charge in [0.1, 0.15) is 0 Å². The number of hydrogen-bond donors (Lipinski definition) is 1. The van der Waals surface area contributed by atoms with Crippen molar-refractivity contribution in [1.82, 2.24) is 4.90 Å². The highest BCUT2D eigenvalue weighted by Gasteiger charge is 2.30. The molecule has 19 heavy (non-hydrogen) atoms. The van der Waals surface area contributed by atoms with Crippen LogP contribution < -0.4 is 5.73 Å². The average molecular weight is 272 g/mol. The van der Waals surface area contributed by atoms with Crippen LogP contribution >= 0.6 is 11.3 Å². The van der Waals surface area contributed by atoms with Gasteiger partial charge in [-0.05, 0) is 40.8 Å². The summed E-state index contributed by atoms with van der Waals surface area (Å²) in [4.78, 5) is 2.54. The van der Waals surface area contributed by atoms with E-state index in [4.69, 9.17) is 5.73 Å². The van der Waals surface area contributed by atoms with Crippen LogP contribution in [0.25, 0.3) is 0 Å². The number of nitrogens with two attached hydrogens (primary N) is 1. The van der Waals surface area contributed by atoms with E-state index in [-0.39, 0.29) is 6.04 Å². The lowest BCUT2D eigenvalue weighted by atomic mass is 10.1. The minimum atomic E-state index is 0.112. The molecule has 100 valence electrons. The fraction of sp³-hybridized carbons (Fsp3) is 0.375. The van der Waals surface area contributed by atoms with E-state index in [1.54, 1.807) is 11.3 Å². The van der Waals surface area contributed by atoms with Gasteiger partial charge in [0.15, 0.2) is 0 Å². The average Bonchev–Trinajstić information content (AvgIpc) is 3.17. The molecule has 0 aliphatic heterocycles. The lowest BCUT2D eigenvalue weighted by Crippen LogP contribution is -2.33. The number of hydrogen-bond acceptors (Lipinski definition) is 3. The second-order valence-corrected chi connectivity index (χ2v) is 6.09. The van der Waals surface area contributed by atoms with E-state index in [0.29, 0.717) is 0 Å². The van der Waals surface area contributed by atoms with Crippen molar-refractivity contribution in [1.29, 1.82) is 0 Å². The molecule has 1 aliphatic carbocycles. The van der Waals surface area contributed by atoms with Crippen molar-refractivity contribution in [2.75, 3.05) is 6.54 Å². The third kappa shape index (κ3) is 3.44. The van der Waals surface area contributed by atoms with Crippen molar-refractivity contribution in [2.24, 2.45) is 5.73 Å². The van der Waals surface area contributed by atoms with Gasteiger partial charge in [-0.1, -0.05) is 30.3 Å². The molecule has 1 aliphatic rings. The minimum Gasteiger partial charge on any atom is -0.323 e. The third-order valence-electron chi connectivity index (χ3n) is 3.69. The highest BCUT2D eigenvalue weighted by atomic mass is 32.1. The zero-order valence-corrected chi connectivity index (χ0v) is 11.9. The first-order chi connectivity index (χ1) is 9.33. The zero-order valence-electron chi connectivity index (χ0n) is 11.0. The minimum absolute atomic E-state index is 0.112. The van der Waals surface area contributed by atoms with Crippen LogP contribution in [0.1, 0.15) is 30.0 Å². The van der Waals surface area contributed by atoms with Gasteiger partial charge < -0.3 is 5.73 Å². The second-order valence-electron chi connectivity index (χ2n) is 5.31. The first-order valence-electron chi connectivity index (χ1n) is 6.88. The van der Waals surface area contributed by atoms with Crippen LogP contribution in [0.3, 0.4) is 0 Å². The second kappa shape index (κ2) is 5.87. The molecule has 1 unspecified atom stereocenters. The van der Waals surface area contributed by atoms with Crippen LogP contribution in [-0.2, 0) is 6.54 Å². The number of rotatable bonds is 6.